The summed E-state index contributed by atoms with van der Waals surface area (Å²) in [4.78, 5) is 21.2. The van der Waals surface area contributed by atoms with Crippen molar-refractivity contribution in [1.82, 2.24) is 15.2 Å². The van der Waals surface area contributed by atoms with E-state index in [1.807, 2.05) is 12.1 Å². The molecule has 1 aliphatic heterocycles. The first-order chi connectivity index (χ1) is 13.3. The Morgan fingerprint density at radius 3 is 2.46 bits per heavy atom. The van der Waals surface area contributed by atoms with Gasteiger partial charge in [0, 0.05) is 49.4 Å². The summed E-state index contributed by atoms with van der Waals surface area (Å²) in [6.07, 6.45) is 1.72. The number of benzene rings is 1. The van der Waals surface area contributed by atoms with Crippen molar-refractivity contribution in [3.05, 3.63) is 53.7 Å². The summed E-state index contributed by atoms with van der Waals surface area (Å²) in [6.45, 7) is 4.08. The molecule has 0 spiro atoms. The molecule has 1 N–H and O–H groups in total. The molecule has 1 aliphatic rings. The number of aromatic nitrogens is 1. The average molecular weight is 410 g/mol. The summed E-state index contributed by atoms with van der Waals surface area (Å²) in [5, 5.41) is 2.80. The minimum atomic E-state index is -4.34. The molecule has 1 saturated heterocycles. The van der Waals surface area contributed by atoms with Crippen LogP contribution in [-0.2, 0) is 6.54 Å². The zero-order valence-corrected chi connectivity index (χ0v) is 16.2. The van der Waals surface area contributed by atoms with Crippen molar-refractivity contribution >= 4 is 23.5 Å². The van der Waals surface area contributed by atoms with Crippen LogP contribution >= 0.6 is 11.8 Å². The second kappa shape index (κ2) is 8.83. The van der Waals surface area contributed by atoms with Gasteiger partial charge >= 0.3 is 5.51 Å². The van der Waals surface area contributed by atoms with E-state index in [4.69, 9.17) is 0 Å². The van der Waals surface area contributed by atoms with Gasteiger partial charge in [-0.2, -0.15) is 13.2 Å². The van der Waals surface area contributed by atoms with Crippen molar-refractivity contribution < 1.29 is 18.0 Å². The Morgan fingerprint density at radius 2 is 1.82 bits per heavy atom. The van der Waals surface area contributed by atoms with Crippen LogP contribution < -0.4 is 10.2 Å². The van der Waals surface area contributed by atoms with Crippen molar-refractivity contribution in [2.24, 2.45) is 0 Å². The van der Waals surface area contributed by atoms with Gasteiger partial charge in [-0.1, -0.05) is 0 Å². The highest BCUT2D eigenvalue weighted by Gasteiger charge is 2.29. The predicted molar refractivity (Wildman–Crippen MR) is 103 cm³/mol. The van der Waals surface area contributed by atoms with Crippen molar-refractivity contribution in [3.63, 3.8) is 0 Å². The minimum absolute atomic E-state index is 0.0509. The van der Waals surface area contributed by atoms with Gasteiger partial charge < -0.3 is 15.1 Å². The number of hydrogen-bond donors (Lipinski definition) is 1. The molecule has 1 fully saturated rings. The zero-order valence-electron chi connectivity index (χ0n) is 15.4. The highest BCUT2D eigenvalue weighted by atomic mass is 32.2. The topological polar surface area (TPSA) is 48.5 Å². The predicted octanol–water partition coefficient (Wildman–Crippen LogP) is 3.38. The van der Waals surface area contributed by atoms with Crippen LogP contribution in [0.1, 0.15) is 15.9 Å². The summed E-state index contributed by atoms with van der Waals surface area (Å²) in [7, 11) is 2.09. The molecule has 0 aliphatic carbocycles. The average Bonchev–Trinajstić information content (AvgIpc) is 2.66. The largest absolute Gasteiger partial charge is 0.446 e. The fourth-order valence-corrected chi connectivity index (χ4v) is 3.41. The van der Waals surface area contributed by atoms with E-state index in [1.54, 1.807) is 6.20 Å². The Bertz CT molecular complexity index is 806. The highest BCUT2D eigenvalue weighted by molar-refractivity contribution is 8.00. The van der Waals surface area contributed by atoms with Gasteiger partial charge in [0.2, 0.25) is 0 Å². The first-order valence-electron chi connectivity index (χ1n) is 8.82. The maximum atomic E-state index is 12.4. The van der Waals surface area contributed by atoms with Gasteiger partial charge in [-0.15, -0.1) is 0 Å². The van der Waals surface area contributed by atoms with Crippen LogP contribution in [-0.4, -0.2) is 54.5 Å². The summed E-state index contributed by atoms with van der Waals surface area (Å²) < 4.78 is 37.1. The van der Waals surface area contributed by atoms with Crippen molar-refractivity contribution in [1.29, 1.82) is 0 Å². The van der Waals surface area contributed by atoms with Gasteiger partial charge in [-0.25, -0.2) is 4.98 Å². The monoisotopic (exact) mass is 410 g/mol. The normalized spacial score (nSPS) is 15.5. The third-order valence-corrected chi connectivity index (χ3v) is 5.18. The Hall–Kier alpha value is -2.26. The first kappa shape index (κ1) is 20.5. The lowest BCUT2D eigenvalue weighted by atomic mass is 10.2. The van der Waals surface area contributed by atoms with E-state index in [2.05, 4.69) is 27.1 Å². The third kappa shape index (κ3) is 5.87. The van der Waals surface area contributed by atoms with E-state index in [1.165, 1.54) is 24.3 Å². The number of nitrogens with one attached hydrogen (secondary N) is 1. The lowest BCUT2D eigenvalue weighted by molar-refractivity contribution is -0.0328. The number of amides is 1. The van der Waals surface area contributed by atoms with Gasteiger partial charge in [-0.05, 0) is 60.8 Å². The quantitative estimate of drug-likeness (QED) is 0.766. The number of carbonyl (C=O) groups excluding carboxylic acids is 1. The van der Waals surface area contributed by atoms with E-state index < -0.39 is 5.51 Å². The Kier molecular flexibility index (Phi) is 6.46. The van der Waals surface area contributed by atoms with Crippen LogP contribution in [0.25, 0.3) is 0 Å². The molecule has 28 heavy (non-hydrogen) atoms. The first-order valence-corrected chi connectivity index (χ1v) is 9.64. The summed E-state index contributed by atoms with van der Waals surface area (Å²) >= 11 is -0.200. The molecule has 3 rings (SSSR count). The molecule has 1 aromatic carbocycles. The van der Waals surface area contributed by atoms with Gasteiger partial charge in [0.1, 0.15) is 5.82 Å². The van der Waals surface area contributed by atoms with E-state index in [0.717, 1.165) is 37.6 Å². The van der Waals surface area contributed by atoms with Crippen LogP contribution in [0.4, 0.5) is 19.0 Å². The number of halogens is 3. The summed E-state index contributed by atoms with van der Waals surface area (Å²) in [6, 6.07) is 9.17. The smallest absolute Gasteiger partial charge is 0.354 e. The van der Waals surface area contributed by atoms with Gasteiger partial charge in [0.15, 0.2) is 0 Å². The number of thioether (sulfide) groups is 1. The van der Waals surface area contributed by atoms with E-state index >= 15 is 0 Å². The lowest BCUT2D eigenvalue weighted by Gasteiger charge is -2.33. The molecule has 0 bridgehead atoms. The number of pyridine rings is 1. The molecule has 0 saturated carbocycles. The van der Waals surface area contributed by atoms with Gasteiger partial charge in [-0.3, -0.25) is 4.79 Å². The number of piperazine rings is 1. The van der Waals surface area contributed by atoms with Crippen molar-refractivity contribution in [2.75, 3.05) is 38.1 Å². The van der Waals surface area contributed by atoms with Crippen LogP contribution in [0.3, 0.4) is 0 Å². The standard InChI is InChI=1S/C19H21F3N4OS/c1-25-8-10-26(11-9-25)17-12-14(6-7-23-17)13-24-18(27)15-2-4-16(5-3-15)28-19(20,21)22/h2-7,12H,8-11,13H2,1H3,(H,24,27). The molecule has 1 aromatic heterocycles. The van der Waals surface area contributed by atoms with Crippen LogP contribution in [0.15, 0.2) is 47.5 Å². The molecular formula is C19H21F3N4OS. The molecule has 0 radical (unpaired) electrons. The van der Waals surface area contributed by atoms with E-state index in [9.17, 15) is 18.0 Å². The van der Waals surface area contributed by atoms with Crippen LogP contribution in [0, 0.1) is 0 Å². The molecular weight excluding hydrogens is 389 g/mol. The number of nitrogens with zero attached hydrogens (tertiary/aromatic N) is 3. The second-order valence-electron chi connectivity index (χ2n) is 6.57. The fraction of sp³-hybridized carbons (Fsp3) is 0.368. The van der Waals surface area contributed by atoms with Crippen molar-refractivity contribution in [2.45, 2.75) is 16.9 Å². The zero-order chi connectivity index (χ0) is 20.1. The SMILES string of the molecule is CN1CCN(c2cc(CNC(=O)c3ccc(SC(F)(F)F)cc3)ccn2)CC1. The Balaban J connectivity index is 1.56. The fourth-order valence-electron chi connectivity index (χ4n) is 2.87. The summed E-state index contributed by atoms with van der Waals surface area (Å²) in [5.74, 6) is 0.551. The molecule has 0 unspecified atom stereocenters. The molecule has 2 heterocycles. The van der Waals surface area contributed by atoms with Gasteiger partial charge in [0.05, 0.1) is 0 Å². The van der Waals surface area contributed by atoms with Gasteiger partial charge in [0.25, 0.3) is 5.91 Å². The molecule has 5 nitrogen and oxygen atoms in total. The number of hydrogen-bond acceptors (Lipinski definition) is 5. The summed E-state index contributed by atoms with van der Waals surface area (Å²) in [5.41, 5.74) is -3.10. The molecule has 1 amide bonds. The number of anilines is 1. The molecule has 150 valence electrons. The number of alkyl halides is 3. The van der Waals surface area contributed by atoms with Crippen LogP contribution in [0.2, 0.25) is 0 Å². The lowest BCUT2D eigenvalue weighted by Crippen LogP contribution is -2.44. The molecule has 9 heteroatoms. The maximum absolute atomic E-state index is 12.4. The van der Waals surface area contributed by atoms with Crippen molar-refractivity contribution in [3.8, 4) is 0 Å². The number of likely N-dealkylation sites (N-methyl/N-ethyl adjacent to an activating group) is 1. The maximum Gasteiger partial charge on any atom is 0.446 e. The van der Waals surface area contributed by atoms with E-state index in [-0.39, 0.29) is 22.6 Å². The number of carbonyl (C=O) groups is 1. The second-order valence-corrected chi connectivity index (χ2v) is 7.71. The van der Waals surface area contributed by atoms with Crippen LogP contribution in [0.5, 0.6) is 0 Å². The van der Waals surface area contributed by atoms with E-state index in [0.29, 0.717) is 12.1 Å². The molecule has 0 atom stereocenters. The Labute approximate surface area is 165 Å². The third-order valence-electron chi connectivity index (χ3n) is 4.44. The Morgan fingerprint density at radius 1 is 1.14 bits per heavy atom. The molecule has 2 aromatic rings. The number of rotatable bonds is 5. The minimum Gasteiger partial charge on any atom is -0.354 e. The highest BCUT2D eigenvalue weighted by Crippen LogP contribution is 2.36.